The molecule has 24 heavy (non-hydrogen) atoms. The number of rotatable bonds is 3. The molecule has 0 radical (unpaired) electrons. The Balaban J connectivity index is 1.76. The number of hydrogen-bond acceptors (Lipinski definition) is 3. The molecule has 0 unspecified atom stereocenters. The second-order valence-electron chi connectivity index (χ2n) is 6.22. The number of carbonyl (C=O) groups is 3. The number of likely N-dealkylation sites (tertiary alicyclic amines) is 1. The van der Waals surface area contributed by atoms with Crippen molar-refractivity contribution in [3.8, 4) is 0 Å². The van der Waals surface area contributed by atoms with Crippen LogP contribution in [-0.4, -0.2) is 47.4 Å². The van der Waals surface area contributed by atoms with Gasteiger partial charge in [-0.25, -0.2) is 0 Å². The highest BCUT2D eigenvalue weighted by atomic mass is 35.5. The van der Waals surface area contributed by atoms with Crippen LogP contribution in [-0.2, 0) is 9.59 Å². The van der Waals surface area contributed by atoms with Gasteiger partial charge in [0.05, 0.1) is 16.6 Å². The van der Waals surface area contributed by atoms with Gasteiger partial charge in [0.2, 0.25) is 5.91 Å². The van der Waals surface area contributed by atoms with E-state index in [1.807, 2.05) is 0 Å². The van der Waals surface area contributed by atoms with Crippen molar-refractivity contribution < 1.29 is 19.5 Å². The van der Waals surface area contributed by atoms with Crippen LogP contribution < -0.4 is 4.90 Å². The predicted octanol–water partition coefficient (Wildman–Crippen LogP) is 2.40. The third-order valence-electron chi connectivity index (χ3n) is 4.69. The SMILES string of the molecule is O=C(O)C1CCN(C(=O)c2ccc(Cl)c(N3CCCC3=O)c2)CC1. The number of anilines is 1. The van der Waals surface area contributed by atoms with Gasteiger partial charge in [-0.2, -0.15) is 0 Å². The molecule has 2 amide bonds. The summed E-state index contributed by atoms with van der Waals surface area (Å²) in [7, 11) is 0. The quantitative estimate of drug-likeness (QED) is 0.908. The van der Waals surface area contributed by atoms with Crippen LogP contribution in [0.4, 0.5) is 5.69 Å². The van der Waals surface area contributed by atoms with Gasteiger partial charge in [0.15, 0.2) is 0 Å². The van der Waals surface area contributed by atoms with Crippen LogP contribution in [0.25, 0.3) is 0 Å². The van der Waals surface area contributed by atoms with Crippen molar-refractivity contribution in [2.75, 3.05) is 24.5 Å². The molecule has 0 atom stereocenters. The minimum absolute atomic E-state index is 0.0174. The average Bonchev–Trinajstić information content (AvgIpc) is 3.00. The molecule has 0 aliphatic carbocycles. The summed E-state index contributed by atoms with van der Waals surface area (Å²) in [6.07, 6.45) is 2.21. The van der Waals surface area contributed by atoms with E-state index >= 15 is 0 Å². The zero-order valence-corrected chi connectivity index (χ0v) is 14.0. The van der Waals surface area contributed by atoms with Gasteiger partial charge < -0.3 is 14.9 Å². The standard InChI is InChI=1S/C17H19ClN2O4/c18-13-4-3-12(10-14(13)20-7-1-2-15(20)21)16(22)19-8-5-11(6-9-19)17(23)24/h3-4,10-11H,1-2,5-9H2,(H,23,24). The maximum absolute atomic E-state index is 12.7. The van der Waals surface area contributed by atoms with Gasteiger partial charge in [0.1, 0.15) is 0 Å². The number of hydrogen-bond donors (Lipinski definition) is 1. The number of amides is 2. The second-order valence-corrected chi connectivity index (χ2v) is 6.63. The van der Waals surface area contributed by atoms with E-state index in [0.29, 0.717) is 55.2 Å². The minimum atomic E-state index is -0.802. The van der Waals surface area contributed by atoms with E-state index in [1.165, 1.54) is 0 Å². The number of aliphatic carboxylic acids is 1. The first-order valence-corrected chi connectivity index (χ1v) is 8.47. The summed E-state index contributed by atoms with van der Waals surface area (Å²) in [5.74, 6) is -1.31. The lowest BCUT2D eigenvalue weighted by Crippen LogP contribution is -2.40. The number of carbonyl (C=O) groups excluding carboxylic acids is 2. The predicted molar refractivity (Wildman–Crippen MR) is 89.3 cm³/mol. The van der Waals surface area contributed by atoms with Crippen molar-refractivity contribution in [2.24, 2.45) is 5.92 Å². The molecule has 2 heterocycles. The monoisotopic (exact) mass is 350 g/mol. The van der Waals surface area contributed by atoms with E-state index in [1.54, 1.807) is 28.0 Å². The van der Waals surface area contributed by atoms with Gasteiger partial charge in [-0.1, -0.05) is 11.6 Å². The lowest BCUT2D eigenvalue weighted by Gasteiger charge is -2.30. The second kappa shape index (κ2) is 6.81. The number of halogens is 1. The third kappa shape index (κ3) is 3.24. The zero-order valence-electron chi connectivity index (χ0n) is 13.2. The van der Waals surface area contributed by atoms with Gasteiger partial charge in [-0.15, -0.1) is 0 Å². The summed E-state index contributed by atoms with van der Waals surface area (Å²) in [6, 6.07) is 4.95. The van der Waals surface area contributed by atoms with Crippen molar-refractivity contribution in [3.63, 3.8) is 0 Å². The molecule has 2 aliphatic heterocycles. The molecule has 6 nitrogen and oxygen atoms in total. The summed E-state index contributed by atoms with van der Waals surface area (Å²) in [5, 5.41) is 9.49. The molecule has 1 N–H and O–H groups in total. The van der Waals surface area contributed by atoms with Gasteiger partial charge in [-0.05, 0) is 37.5 Å². The normalized spacial score (nSPS) is 19.0. The molecule has 1 aromatic rings. The molecule has 3 rings (SSSR count). The van der Waals surface area contributed by atoms with E-state index < -0.39 is 5.97 Å². The Morgan fingerprint density at radius 1 is 1.17 bits per heavy atom. The van der Waals surface area contributed by atoms with Gasteiger partial charge in [0.25, 0.3) is 5.91 Å². The molecule has 0 aromatic heterocycles. The highest BCUT2D eigenvalue weighted by Crippen LogP contribution is 2.31. The summed E-state index contributed by atoms with van der Waals surface area (Å²) < 4.78 is 0. The molecule has 7 heteroatoms. The molecule has 2 saturated heterocycles. The minimum Gasteiger partial charge on any atom is -0.481 e. The number of nitrogens with zero attached hydrogens (tertiary/aromatic N) is 2. The summed E-state index contributed by atoms with van der Waals surface area (Å²) >= 11 is 6.20. The van der Waals surface area contributed by atoms with E-state index in [0.717, 1.165) is 6.42 Å². The van der Waals surface area contributed by atoms with Crippen LogP contribution in [0, 0.1) is 5.92 Å². The van der Waals surface area contributed by atoms with E-state index in [4.69, 9.17) is 16.7 Å². The van der Waals surface area contributed by atoms with Crippen LogP contribution in [0.1, 0.15) is 36.0 Å². The van der Waals surface area contributed by atoms with Crippen molar-refractivity contribution in [1.29, 1.82) is 0 Å². The molecule has 0 saturated carbocycles. The number of piperidine rings is 1. The maximum Gasteiger partial charge on any atom is 0.306 e. The number of benzene rings is 1. The molecule has 1 aromatic carbocycles. The Morgan fingerprint density at radius 3 is 2.46 bits per heavy atom. The lowest BCUT2D eigenvalue weighted by molar-refractivity contribution is -0.143. The first-order chi connectivity index (χ1) is 11.5. The van der Waals surface area contributed by atoms with Crippen LogP contribution in [0.3, 0.4) is 0 Å². The Labute approximate surface area is 145 Å². The van der Waals surface area contributed by atoms with Crippen molar-refractivity contribution in [2.45, 2.75) is 25.7 Å². The van der Waals surface area contributed by atoms with Crippen molar-refractivity contribution in [3.05, 3.63) is 28.8 Å². The molecule has 2 fully saturated rings. The molecule has 0 bridgehead atoms. The van der Waals surface area contributed by atoms with Crippen LogP contribution in [0.15, 0.2) is 18.2 Å². The zero-order chi connectivity index (χ0) is 17.3. The van der Waals surface area contributed by atoms with Crippen LogP contribution in [0.2, 0.25) is 5.02 Å². The molecule has 0 spiro atoms. The van der Waals surface area contributed by atoms with E-state index in [2.05, 4.69) is 0 Å². The van der Waals surface area contributed by atoms with Crippen LogP contribution >= 0.6 is 11.6 Å². The fourth-order valence-corrected chi connectivity index (χ4v) is 3.49. The highest BCUT2D eigenvalue weighted by molar-refractivity contribution is 6.34. The summed E-state index contributed by atoms with van der Waals surface area (Å²) in [4.78, 5) is 38.9. The summed E-state index contributed by atoms with van der Waals surface area (Å²) in [6.45, 7) is 1.47. The fraction of sp³-hybridized carbons (Fsp3) is 0.471. The van der Waals surface area contributed by atoms with Gasteiger partial charge in [-0.3, -0.25) is 14.4 Å². The first-order valence-electron chi connectivity index (χ1n) is 8.09. The average molecular weight is 351 g/mol. The van der Waals surface area contributed by atoms with E-state index in [-0.39, 0.29) is 17.7 Å². The molecule has 128 valence electrons. The Hall–Kier alpha value is -2.08. The Kier molecular flexibility index (Phi) is 4.76. The smallest absolute Gasteiger partial charge is 0.306 e. The van der Waals surface area contributed by atoms with Crippen molar-refractivity contribution in [1.82, 2.24) is 4.90 Å². The van der Waals surface area contributed by atoms with E-state index in [9.17, 15) is 14.4 Å². The largest absolute Gasteiger partial charge is 0.481 e. The molecular weight excluding hydrogens is 332 g/mol. The number of carboxylic acid groups (broad SMARTS) is 1. The van der Waals surface area contributed by atoms with Crippen molar-refractivity contribution >= 4 is 35.1 Å². The maximum atomic E-state index is 12.7. The van der Waals surface area contributed by atoms with Gasteiger partial charge >= 0.3 is 5.97 Å². The fourth-order valence-electron chi connectivity index (χ4n) is 3.27. The highest BCUT2D eigenvalue weighted by Gasteiger charge is 2.29. The Bertz CT molecular complexity index is 683. The molecular formula is C17H19ClN2O4. The third-order valence-corrected chi connectivity index (χ3v) is 5.01. The van der Waals surface area contributed by atoms with Gasteiger partial charge in [0, 0.05) is 31.6 Å². The Morgan fingerprint density at radius 2 is 1.88 bits per heavy atom. The van der Waals surface area contributed by atoms with Crippen LogP contribution in [0.5, 0.6) is 0 Å². The molecule has 2 aliphatic rings. The summed E-state index contributed by atoms with van der Waals surface area (Å²) in [5.41, 5.74) is 1.05. The topological polar surface area (TPSA) is 77.9 Å². The lowest BCUT2D eigenvalue weighted by atomic mass is 9.96. The first kappa shape index (κ1) is 16.8. The number of carboxylic acids is 1.